The van der Waals surface area contributed by atoms with Crippen molar-refractivity contribution < 1.29 is 18.7 Å². The molecular weight excluding hydrogens is 427 g/mol. The molecule has 2 rings (SSSR count). The number of rotatable bonds is 8. The summed E-state index contributed by atoms with van der Waals surface area (Å²) in [5.74, 6) is 0.102. The molecule has 0 aliphatic heterocycles. The van der Waals surface area contributed by atoms with Crippen LogP contribution in [0, 0.1) is 17.1 Å². The Labute approximate surface area is 171 Å². The van der Waals surface area contributed by atoms with Crippen LogP contribution in [0.5, 0.6) is 11.5 Å². The predicted molar refractivity (Wildman–Crippen MR) is 110 cm³/mol. The standard InChI is InChI=1S/C21H20BrFN2O3/c1-3-9-28-20-18(22)11-14(12-19(20)27-4-2)10-15(13-24)21(26)25-17-7-5-16(23)6-8-17/h5-8,10-12H,3-4,9H2,1-2H3,(H,25,26)/b15-10-. The van der Waals surface area contributed by atoms with Gasteiger partial charge in [0.15, 0.2) is 11.5 Å². The summed E-state index contributed by atoms with van der Waals surface area (Å²) in [6.07, 6.45) is 2.30. The smallest absolute Gasteiger partial charge is 0.266 e. The van der Waals surface area contributed by atoms with Gasteiger partial charge in [-0.25, -0.2) is 4.39 Å². The van der Waals surface area contributed by atoms with Crippen LogP contribution in [0.1, 0.15) is 25.8 Å². The number of hydrogen-bond donors (Lipinski definition) is 1. The van der Waals surface area contributed by atoms with Crippen LogP contribution in [0.2, 0.25) is 0 Å². The number of nitriles is 1. The molecule has 1 amide bonds. The van der Waals surface area contributed by atoms with E-state index in [9.17, 15) is 14.4 Å². The maximum atomic E-state index is 13.0. The van der Waals surface area contributed by atoms with Crippen LogP contribution in [0.4, 0.5) is 10.1 Å². The van der Waals surface area contributed by atoms with Gasteiger partial charge in [-0.2, -0.15) is 5.26 Å². The summed E-state index contributed by atoms with van der Waals surface area (Å²) in [6, 6.07) is 10.6. The van der Waals surface area contributed by atoms with E-state index in [0.29, 0.717) is 40.4 Å². The molecule has 0 aliphatic carbocycles. The van der Waals surface area contributed by atoms with Crippen LogP contribution in [0.15, 0.2) is 46.4 Å². The van der Waals surface area contributed by atoms with Gasteiger partial charge < -0.3 is 14.8 Å². The highest BCUT2D eigenvalue weighted by Crippen LogP contribution is 2.37. The van der Waals surface area contributed by atoms with Crippen molar-refractivity contribution in [1.29, 1.82) is 5.26 Å². The first-order valence-electron chi connectivity index (χ1n) is 8.76. The zero-order chi connectivity index (χ0) is 20.5. The van der Waals surface area contributed by atoms with Gasteiger partial charge in [0, 0.05) is 5.69 Å². The molecule has 0 aliphatic rings. The number of ether oxygens (including phenoxy) is 2. The molecule has 0 heterocycles. The highest BCUT2D eigenvalue weighted by molar-refractivity contribution is 9.10. The Hall–Kier alpha value is -2.85. The topological polar surface area (TPSA) is 71.3 Å². The lowest BCUT2D eigenvalue weighted by molar-refractivity contribution is -0.112. The van der Waals surface area contributed by atoms with Crippen molar-refractivity contribution in [3.63, 3.8) is 0 Å². The second kappa shape index (κ2) is 10.5. The van der Waals surface area contributed by atoms with E-state index < -0.39 is 11.7 Å². The summed E-state index contributed by atoms with van der Waals surface area (Å²) in [5.41, 5.74) is 0.901. The van der Waals surface area contributed by atoms with E-state index in [1.165, 1.54) is 30.3 Å². The van der Waals surface area contributed by atoms with Crippen molar-refractivity contribution >= 4 is 33.6 Å². The van der Waals surface area contributed by atoms with Crippen molar-refractivity contribution in [2.75, 3.05) is 18.5 Å². The Morgan fingerprint density at radius 3 is 2.57 bits per heavy atom. The highest BCUT2D eigenvalue weighted by Gasteiger charge is 2.14. The van der Waals surface area contributed by atoms with E-state index in [-0.39, 0.29) is 5.57 Å². The molecule has 2 aromatic carbocycles. The first-order chi connectivity index (χ1) is 13.5. The average Bonchev–Trinajstić information content (AvgIpc) is 2.67. The lowest BCUT2D eigenvalue weighted by Gasteiger charge is -2.14. The van der Waals surface area contributed by atoms with Gasteiger partial charge in [0.05, 0.1) is 17.7 Å². The SMILES string of the molecule is CCCOc1c(Br)cc(/C=C(/C#N)C(=O)Nc2ccc(F)cc2)cc1OCC. The van der Waals surface area contributed by atoms with Crippen molar-refractivity contribution in [3.05, 3.63) is 57.8 Å². The monoisotopic (exact) mass is 446 g/mol. The molecule has 0 bridgehead atoms. The second-order valence-corrected chi connectivity index (χ2v) is 6.60. The summed E-state index contributed by atoms with van der Waals surface area (Å²) in [7, 11) is 0. The number of carbonyl (C=O) groups excluding carboxylic acids is 1. The number of nitrogens with one attached hydrogen (secondary N) is 1. The molecule has 1 N–H and O–H groups in total. The van der Waals surface area contributed by atoms with Gasteiger partial charge in [0.1, 0.15) is 17.5 Å². The molecule has 5 nitrogen and oxygen atoms in total. The Morgan fingerprint density at radius 2 is 1.96 bits per heavy atom. The molecule has 0 saturated carbocycles. The average molecular weight is 447 g/mol. The lowest BCUT2D eigenvalue weighted by atomic mass is 10.1. The predicted octanol–water partition coefficient (Wildman–Crippen LogP) is 5.32. The van der Waals surface area contributed by atoms with Gasteiger partial charge in [-0.15, -0.1) is 0 Å². The van der Waals surface area contributed by atoms with Crippen LogP contribution in [0.25, 0.3) is 6.08 Å². The van der Waals surface area contributed by atoms with Gasteiger partial charge >= 0.3 is 0 Å². The number of nitrogens with zero attached hydrogens (tertiary/aromatic N) is 1. The Kier molecular flexibility index (Phi) is 8.02. The van der Waals surface area contributed by atoms with Gasteiger partial charge in [-0.3, -0.25) is 4.79 Å². The highest BCUT2D eigenvalue weighted by atomic mass is 79.9. The Balaban J connectivity index is 2.30. The largest absolute Gasteiger partial charge is 0.490 e. The van der Waals surface area contributed by atoms with Crippen LogP contribution in [-0.4, -0.2) is 19.1 Å². The number of anilines is 1. The fourth-order valence-corrected chi connectivity index (χ4v) is 2.90. The molecule has 0 unspecified atom stereocenters. The number of halogens is 2. The molecule has 146 valence electrons. The minimum Gasteiger partial charge on any atom is -0.490 e. The molecule has 0 aromatic heterocycles. The molecule has 7 heteroatoms. The van der Waals surface area contributed by atoms with Crippen LogP contribution in [0.3, 0.4) is 0 Å². The molecule has 0 spiro atoms. The fraction of sp³-hybridized carbons (Fsp3) is 0.238. The van der Waals surface area contributed by atoms with E-state index in [1.807, 2.05) is 19.9 Å². The van der Waals surface area contributed by atoms with Crippen molar-refractivity contribution in [3.8, 4) is 17.6 Å². The first-order valence-corrected chi connectivity index (χ1v) is 9.55. The fourth-order valence-electron chi connectivity index (χ4n) is 2.33. The summed E-state index contributed by atoms with van der Waals surface area (Å²) in [5, 5.41) is 12.0. The third kappa shape index (κ3) is 5.83. The Morgan fingerprint density at radius 1 is 1.25 bits per heavy atom. The third-order valence-electron chi connectivity index (χ3n) is 3.56. The molecule has 28 heavy (non-hydrogen) atoms. The summed E-state index contributed by atoms with van der Waals surface area (Å²) in [4.78, 5) is 12.4. The quantitative estimate of drug-likeness (QED) is 0.439. The summed E-state index contributed by atoms with van der Waals surface area (Å²) >= 11 is 3.45. The van der Waals surface area contributed by atoms with Crippen LogP contribution < -0.4 is 14.8 Å². The zero-order valence-electron chi connectivity index (χ0n) is 15.6. The normalized spacial score (nSPS) is 10.9. The maximum Gasteiger partial charge on any atom is 0.266 e. The van der Waals surface area contributed by atoms with Crippen LogP contribution in [-0.2, 0) is 4.79 Å². The number of benzene rings is 2. The zero-order valence-corrected chi connectivity index (χ0v) is 17.2. The van der Waals surface area contributed by atoms with Crippen molar-refractivity contribution in [2.45, 2.75) is 20.3 Å². The molecular formula is C21H20BrFN2O3. The molecule has 0 fully saturated rings. The van der Waals surface area contributed by atoms with E-state index in [2.05, 4.69) is 21.2 Å². The molecule has 0 radical (unpaired) electrons. The number of hydrogen-bond acceptors (Lipinski definition) is 4. The first kappa shape index (κ1) is 21.5. The van der Waals surface area contributed by atoms with Crippen molar-refractivity contribution in [1.82, 2.24) is 0 Å². The molecule has 0 saturated heterocycles. The van der Waals surface area contributed by atoms with E-state index >= 15 is 0 Å². The minimum absolute atomic E-state index is 0.0964. The van der Waals surface area contributed by atoms with Gasteiger partial charge in [-0.1, -0.05) is 6.92 Å². The molecule has 2 aromatic rings. The Bertz CT molecular complexity index is 905. The molecule has 0 atom stereocenters. The number of amides is 1. The second-order valence-electron chi connectivity index (χ2n) is 5.74. The van der Waals surface area contributed by atoms with Crippen LogP contribution >= 0.6 is 15.9 Å². The van der Waals surface area contributed by atoms with E-state index in [0.717, 1.165) is 6.42 Å². The van der Waals surface area contributed by atoms with Gasteiger partial charge in [0.2, 0.25) is 0 Å². The summed E-state index contributed by atoms with van der Waals surface area (Å²) < 4.78 is 25.0. The lowest BCUT2D eigenvalue weighted by Crippen LogP contribution is -2.13. The number of carbonyl (C=O) groups is 1. The minimum atomic E-state index is -0.588. The third-order valence-corrected chi connectivity index (χ3v) is 4.15. The maximum absolute atomic E-state index is 13.0. The van der Waals surface area contributed by atoms with Gasteiger partial charge in [0.25, 0.3) is 5.91 Å². The summed E-state index contributed by atoms with van der Waals surface area (Å²) in [6.45, 7) is 4.84. The van der Waals surface area contributed by atoms with E-state index in [4.69, 9.17) is 9.47 Å². The van der Waals surface area contributed by atoms with Gasteiger partial charge in [-0.05, 0) is 77.3 Å². The van der Waals surface area contributed by atoms with Crippen molar-refractivity contribution in [2.24, 2.45) is 0 Å². The van der Waals surface area contributed by atoms with E-state index in [1.54, 1.807) is 12.1 Å².